The van der Waals surface area contributed by atoms with E-state index in [-0.39, 0.29) is 11.6 Å². The third kappa shape index (κ3) is 4.82. The van der Waals surface area contributed by atoms with Gasteiger partial charge in [-0.15, -0.1) is 5.10 Å². The van der Waals surface area contributed by atoms with Crippen molar-refractivity contribution in [2.24, 2.45) is 0 Å². The number of hydrogen-bond acceptors (Lipinski definition) is 6. The summed E-state index contributed by atoms with van der Waals surface area (Å²) in [4.78, 5) is 21.4. The van der Waals surface area contributed by atoms with E-state index in [4.69, 9.17) is 0 Å². The van der Waals surface area contributed by atoms with E-state index in [1.165, 1.54) is 11.3 Å². The Morgan fingerprint density at radius 3 is 2.34 bits per heavy atom. The van der Waals surface area contributed by atoms with Crippen molar-refractivity contribution in [1.29, 1.82) is 0 Å². The molecule has 0 bridgehead atoms. The summed E-state index contributed by atoms with van der Waals surface area (Å²) in [7, 11) is 0. The molecule has 192 valence electrons. The van der Waals surface area contributed by atoms with Crippen molar-refractivity contribution < 1.29 is 0 Å². The monoisotopic (exact) mass is 505 g/mol. The van der Waals surface area contributed by atoms with Gasteiger partial charge in [-0.1, -0.05) is 61.5 Å². The number of nitrogens with zero attached hydrogens (tertiary/aromatic N) is 6. The fourth-order valence-electron chi connectivity index (χ4n) is 5.35. The minimum absolute atomic E-state index is 0.105. The second kappa shape index (κ2) is 10.6. The molecule has 2 aromatic heterocycles. The van der Waals surface area contributed by atoms with Crippen molar-refractivity contribution in [2.75, 3.05) is 31.1 Å². The topological polar surface area (TPSA) is 82.9 Å². The highest BCUT2D eigenvalue weighted by molar-refractivity contribution is 5.80. The number of piperazine rings is 1. The molecule has 8 heteroatoms. The molecular formula is C30H31N7O. The fourth-order valence-corrected chi connectivity index (χ4v) is 5.35. The van der Waals surface area contributed by atoms with Crippen LogP contribution in [0.4, 0.5) is 5.69 Å². The number of pyridine rings is 1. The Labute approximate surface area is 221 Å². The number of para-hydroxylation sites is 1. The highest BCUT2D eigenvalue weighted by Gasteiger charge is 2.32. The Morgan fingerprint density at radius 2 is 1.61 bits per heavy atom. The molecule has 0 radical (unpaired) electrons. The Bertz CT molecular complexity index is 1570. The zero-order valence-electron chi connectivity index (χ0n) is 21.5. The maximum absolute atomic E-state index is 13.6. The van der Waals surface area contributed by atoms with Gasteiger partial charge >= 0.3 is 0 Å². The molecule has 1 aliphatic heterocycles. The van der Waals surface area contributed by atoms with Crippen LogP contribution in [-0.4, -0.2) is 56.3 Å². The minimum atomic E-state index is -0.370. The van der Waals surface area contributed by atoms with Crippen molar-refractivity contribution >= 4 is 16.6 Å². The molecule has 6 rings (SSSR count). The third-order valence-electron chi connectivity index (χ3n) is 7.42. The predicted molar refractivity (Wildman–Crippen MR) is 149 cm³/mol. The first-order valence-corrected chi connectivity index (χ1v) is 13.2. The molecule has 8 nitrogen and oxygen atoms in total. The van der Waals surface area contributed by atoms with E-state index in [0.29, 0.717) is 17.9 Å². The number of anilines is 1. The van der Waals surface area contributed by atoms with E-state index in [0.717, 1.165) is 49.1 Å². The predicted octanol–water partition coefficient (Wildman–Crippen LogP) is 4.04. The molecule has 1 atom stereocenters. The fraction of sp³-hybridized carbons (Fsp3) is 0.267. The van der Waals surface area contributed by atoms with Crippen LogP contribution < -0.4 is 10.5 Å². The van der Waals surface area contributed by atoms with E-state index in [1.807, 2.05) is 41.1 Å². The normalized spacial score (nSPS) is 15.1. The number of aryl methyl sites for hydroxylation is 1. The Kier molecular flexibility index (Phi) is 6.71. The zero-order chi connectivity index (χ0) is 25.9. The number of hydrogen-bond donors (Lipinski definition) is 1. The maximum Gasteiger partial charge on any atom is 0.253 e. The molecule has 0 aliphatic carbocycles. The minimum Gasteiger partial charge on any atom is -0.369 e. The van der Waals surface area contributed by atoms with E-state index < -0.39 is 0 Å². The first-order valence-electron chi connectivity index (χ1n) is 13.2. The van der Waals surface area contributed by atoms with Crippen molar-refractivity contribution in [3.63, 3.8) is 0 Å². The van der Waals surface area contributed by atoms with Gasteiger partial charge in [0.25, 0.3) is 5.56 Å². The quantitative estimate of drug-likeness (QED) is 0.360. The van der Waals surface area contributed by atoms with Gasteiger partial charge in [-0.3, -0.25) is 9.69 Å². The van der Waals surface area contributed by atoms with Gasteiger partial charge in [0, 0.05) is 42.9 Å². The Hall–Kier alpha value is -4.30. The van der Waals surface area contributed by atoms with Crippen LogP contribution in [0.5, 0.6) is 0 Å². The lowest BCUT2D eigenvalue weighted by atomic mass is 10.0. The van der Waals surface area contributed by atoms with Gasteiger partial charge in [-0.25, -0.2) is 4.68 Å². The highest BCUT2D eigenvalue weighted by atomic mass is 16.1. The number of H-pyrrole nitrogens is 1. The molecule has 3 aromatic carbocycles. The van der Waals surface area contributed by atoms with Gasteiger partial charge in [0.2, 0.25) is 0 Å². The molecule has 0 spiro atoms. The summed E-state index contributed by atoms with van der Waals surface area (Å²) in [6, 6.07) is 28.5. The van der Waals surface area contributed by atoms with Crippen LogP contribution in [0.25, 0.3) is 10.9 Å². The number of benzene rings is 3. The number of tetrazole rings is 1. The van der Waals surface area contributed by atoms with Crippen molar-refractivity contribution in [1.82, 2.24) is 30.1 Å². The molecule has 0 amide bonds. The Morgan fingerprint density at radius 1 is 0.868 bits per heavy atom. The van der Waals surface area contributed by atoms with Gasteiger partial charge in [-0.2, -0.15) is 0 Å². The summed E-state index contributed by atoms with van der Waals surface area (Å²) in [5, 5.41) is 13.9. The van der Waals surface area contributed by atoms with E-state index >= 15 is 0 Å². The number of aromatic nitrogens is 5. The molecule has 1 fully saturated rings. The lowest BCUT2D eigenvalue weighted by Crippen LogP contribution is -2.49. The van der Waals surface area contributed by atoms with E-state index in [1.54, 1.807) is 0 Å². The number of rotatable bonds is 7. The molecule has 1 aliphatic rings. The summed E-state index contributed by atoms with van der Waals surface area (Å²) < 4.78 is 1.83. The molecular weight excluding hydrogens is 474 g/mol. The molecule has 1 N–H and O–H groups in total. The van der Waals surface area contributed by atoms with Crippen molar-refractivity contribution in [3.05, 3.63) is 118 Å². The highest BCUT2D eigenvalue weighted by Crippen LogP contribution is 2.29. The second-order valence-corrected chi connectivity index (χ2v) is 9.77. The average Bonchev–Trinajstić information content (AvgIpc) is 3.42. The largest absolute Gasteiger partial charge is 0.369 e. The summed E-state index contributed by atoms with van der Waals surface area (Å²) in [6.07, 6.45) is 0.935. The Balaban J connectivity index is 1.40. The molecule has 1 saturated heterocycles. The number of fused-ring (bicyclic) bond motifs is 1. The van der Waals surface area contributed by atoms with Crippen LogP contribution in [0, 0.1) is 0 Å². The molecule has 5 aromatic rings. The smallest absolute Gasteiger partial charge is 0.253 e. The maximum atomic E-state index is 13.6. The SMILES string of the molecule is CCc1ccc2[nH]c(=O)c([C@H](c3nnnn3Cc3ccccc3)N3CCN(c4ccccc4)CC3)cc2c1. The van der Waals surface area contributed by atoms with Crippen LogP contribution >= 0.6 is 0 Å². The number of nitrogens with one attached hydrogen (secondary N) is 1. The van der Waals surface area contributed by atoms with Crippen molar-refractivity contribution in [2.45, 2.75) is 25.9 Å². The van der Waals surface area contributed by atoms with Crippen LogP contribution in [-0.2, 0) is 13.0 Å². The standard InChI is InChI=1S/C30H31N7O/c1-2-22-13-14-27-24(19-22)20-26(30(38)31-27)28(29-32-33-34-37(29)21-23-9-5-3-6-10-23)36-17-15-35(16-18-36)25-11-7-4-8-12-25/h3-14,19-20,28H,2,15-18,21H2,1H3,(H,31,38)/t28-/m1/s1. The van der Waals surface area contributed by atoms with Gasteiger partial charge in [0.1, 0.15) is 6.04 Å². The number of aromatic amines is 1. The van der Waals surface area contributed by atoms with Gasteiger partial charge in [0.05, 0.1) is 6.54 Å². The third-order valence-corrected chi connectivity index (χ3v) is 7.42. The summed E-state index contributed by atoms with van der Waals surface area (Å²) >= 11 is 0. The van der Waals surface area contributed by atoms with E-state index in [2.05, 4.69) is 85.8 Å². The summed E-state index contributed by atoms with van der Waals surface area (Å²) in [5.74, 6) is 0.679. The lowest BCUT2D eigenvalue weighted by molar-refractivity contribution is 0.200. The zero-order valence-corrected chi connectivity index (χ0v) is 21.5. The lowest BCUT2D eigenvalue weighted by Gasteiger charge is -2.39. The van der Waals surface area contributed by atoms with Crippen molar-refractivity contribution in [3.8, 4) is 0 Å². The van der Waals surface area contributed by atoms with Gasteiger partial charge in [0.15, 0.2) is 5.82 Å². The van der Waals surface area contributed by atoms with Gasteiger partial charge < -0.3 is 9.88 Å². The molecule has 0 unspecified atom stereocenters. The van der Waals surface area contributed by atoms with E-state index in [9.17, 15) is 4.79 Å². The first-order chi connectivity index (χ1) is 18.7. The average molecular weight is 506 g/mol. The van der Waals surface area contributed by atoms with Crippen LogP contribution in [0.3, 0.4) is 0 Å². The summed E-state index contributed by atoms with van der Waals surface area (Å²) in [5.41, 5.74) is 4.96. The van der Waals surface area contributed by atoms with Crippen LogP contribution in [0.15, 0.2) is 89.7 Å². The second-order valence-electron chi connectivity index (χ2n) is 9.77. The van der Waals surface area contributed by atoms with Crippen LogP contribution in [0.2, 0.25) is 0 Å². The van der Waals surface area contributed by atoms with Crippen LogP contribution in [0.1, 0.15) is 35.5 Å². The van der Waals surface area contributed by atoms with Gasteiger partial charge in [-0.05, 0) is 63.7 Å². The molecule has 0 saturated carbocycles. The first kappa shape index (κ1) is 24.1. The molecule has 3 heterocycles. The molecule has 38 heavy (non-hydrogen) atoms. The summed E-state index contributed by atoms with van der Waals surface area (Å²) in [6.45, 7) is 5.95.